The number of likely N-dealkylation sites (tertiary alicyclic amines) is 1. The fourth-order valence-electron chi connectivity index (χ4n) is 4.97. The summed E-state index contributed by atoms with van der Waals surface area (Å²) in [5.74, 6) is -1.88. The van der Waals surface area contributed by atoms with Gasteiger partial charge in [0.15, 0.2) is 0 Å². The molecule has 2 N–H and O–H groups in total. The van der Waals surface area contributed by atoms with E-state index >= 15 is 0 Å². The zero-order valence-corrected chi connectivity index (χ0v) is 21.8. The number of carboxylic acid groups (broad SMARTS) is 1. The normalized spacial score (nSPS) is 16.2. The van der Waals surface area contributed by atoms with Gasteiger partial charge in [0.05, 0.1) is 6.61 Å². The number of hydrogen-bond acceptors (Lipinski definition) is 4. The molecular weight excluding hydrogens is 509 g/mol. The van der Waals surface area contributed by atoms with Gasteiger partial charge in [0.1, 0.15) is 5.75 Å². The number of anilines is 1. The number of carbonyl (C=O) groups excluding carboxylic acids is 1. The van der Waals surface area contributed by atoms with Gasteiger partial charge in [-0.05, 0) is 81.2 Å². The average molecular weight is 541 g/mol. The van der Waals surface area contributed by atoms with Crippen LogP contribution in [-0.2, 0) is 10.2 Å². The van der Waals surface area contributed by atoms with Crippen molar-refractivity contribution in [2.24, 2.45) is 0 Å². The van der Waals surface area contributed by atoms with Crippen LogP contribution < -0.4 is 10.1 Å². The van der Waals surface area contributed by atoms with Gasteiger partial charge in [-0.1, -0.05) is 42.5 Å². The zero-order chi connectivity index (χ0) is 28.2. The van der Waals surface area contributed by atoms with Gasteiger partial charge in [-0.15, -0.1) is 0 Å². The molecule has 9 heteroatoms. The molecule has 0 aromatic heterocycles. The third-order valence-electron chi connectivity index (χ3n) is 7.29. The Morgan fingerprint density at radius 1 is 0.949 bits per heavy atom. The minimum atomic E-state index is -5.08. The summed E-state index contributed by atoms with van der Waals surface area (Å²) in [6.45, 7) is 7.44. The van der Waals surface area contributed by atoms with E-state index in [-0.39, 0.29) is 11.3 Å². The Morgan fingerprint density at radius 2 is 1.54 bits per heavy atom. The van der Waals surface area contributed by atoms with Gasteiger partial charge in [-0.3, -0.25) is 4.79 Å². The lowest BCUT2D eigenvalue weighted by Crippen LogP contribution is -2.46. The van der Waals surface area contributed by atoms with E-state index in [0.717, 1.165) is 55.1 Å². The number of nitrogens with zero attached hydrogens (tertiary/aromatic N) is 1. The largest absolute Gasteiger partial charge is 0.492 e. The minimum absolute atomic E-state index is 0.0682. The number of nitrogens with one attached hydrogen (secondary N) is 1. The third kappa shape index (κ3) is 6.60. The fraction of sp³-hybridized carbons (Fsp3) is 0.333. The molecule has 3 aromatic rings. The topological polar surface area (TPSA) is 78.9 Å². The molecule has 0 radical (unpaired) electrons. The Balaban J connectivity index is 0.000000448. The van der Waals surface area contributed by atoms with Crippen LogP contribution in [0.2, 0.25) is 0 Å². The number of rotatable bonds is 4. The summed E-state index contributed by atoms with van der Waals surface area (Å²) in [5.41, 5.74) is 5.05. The number of fused-ring (bicyclic) bond motifs is 2. The van der Waals surface area contributed by atoms with E-state index in [1.54, 1.807) is 0 Å². The lowest BCUT2D eigenvalue weighted by atomic mass is 9.74. The number of halogens is 3. The number of ether oxygens (including phenoxy) is 1. The number of carboxylic acids is 1. The first-order valence-electron chi connectivity index (χ1n) is 12.8. The molecule has 6 nitrogen and oxygen atoms in total. The molecule has 0 unspecified atom stereocenters. The second kappa shape index (κ2) is 11.5. The lowest BCUT2D eigenvalue weighted by Gasteiger charge is -2.40. The molecule has 39 heavy (non-hydrogen) atoms. The highest BCUT2D eigenvalue weighted by Crippen LogP contribution is 2.46. The van der Waals surface area contributed by atoms with Crippen molar-refractivity contribution < 1.29 is 32.6 Å². The van der Waals surface area contributed by atoms with Gasteiger partial charge in [-0.25, -0.2) is 4.79 Å². The number of aliphatic carboxylic acids is 1. The number of hydrogen-bond donors (Lipinski definition) is 2. The van der Waals surface area contributed by atoms with Crippen LogP contribution in [-0.4, -0.2) is 53.8 Å². The molecule has 1 saturated heterocycles. The molecule has 1 fully saturated rings. The van der Waals surface area contributed by atoms with Gasteiger partial charge in [0.25, 0.3) is 5.91 Å². The van der Waals surface area contributed by atoms with Crippen molar-refractivity contribution in [1.29, 1.82) is 0 Å². The van der Waals surface area contributed by atoms with Crippen LogP contribution in [0.1, 0.15) is 42.6 Å². The predicted octanol–water partition coefficient (Wildman–Crippen LogP) is 6.37. The Hall–Kier alpha value is -3.85. The van der Waals surface area contributed by atoms with E-state index < -0.39 is 12.1 Å². The summed E-state index contributed by atoms with van der Waals surface area (Å²) in [5, 5.41) is 10.2. The van der Waals surface area contributed by atoms with Gasteiger partial charge < -0.3 is 20.1 Å². The maximum absolute atomic E-state index is 12.9. The van der Waals surface area contributed by atoms with Crippen molar-refractivity contribution in [3.63, 3.8) is 0 Å². The Kier molecular flexibility index (Phi) is 8.30. The summed E-state index contributed by atoms with van der Waals surface area (Å²) in [6.07, 6.45) is -2.90. The van der Waals surface area contributed by atoms with Gasteiger partial charge in [-0.2, -0.15) is 13.2 Å². The van der Waals surface area contributed by atoms with Crippen molar-refractivity contribution in [2.45, 2.75) is 44.3 Å². The Bertz CT molecular complexity index is 1300. The highest BCUT2D eigenvalue weighted by molar-refractivity contribution is 6.04. The third-order valence-corrected chi connectivity index (χ3v) is 7.29. The molecule has 206 valence electrons. The maximum atomic E-state index is 12.9. The Labute approximate surface area is 225 Å². The smallest absolute Gasteiger partial charge is 0.490 e. The van der Waals surface area contributed by atoms with Crippen LogP contribution in [0.5, 0.6) is 5.75 Å². The zero-order valence-electron chi connectivity index (χ0n) is 21.8. The first kappa shape index (κ1) is 28.2. The van der Waals surface area contributed by atoms with Crippen LogP contribution in [0.4, 0.5) is 18.9 Å². The molecule has 0 saturated carbocycles. The van der Waals surface area contributed by atoms with Crippen LogP contribution in [0.25, 0.3) is 11.1 Å². The predicted molar refractivity (Wildman–Crippen MR) is 143 cm³/mol. The van der Waals surface area contributed by atoms with Gasteiger partial charge in [0, 0.05) is 28.3 Å². The quantitative estimate of drug-likeness (QED) is 0.402. The first-order chi connectivity index (χ1) is 18.5. The van der Waals surface area contributed by atoms with Gasteiger partial charge in [0.2, 0.25) is 0 Å². The number of amides is 1. The first-order valence-corrected chi connectivity index (χ1v) is 12.8. The molecule has 2 aliphatic heterocycles. The molecule has 1 amide bonds. The maximum Gasteiger partial charge on any atom is 0.490 e. The van der Waals surface area contributed by atoms with Gasteiger partial charge >= 0.3 is 12.1 Å². The van der Waals surface area contributed by atoms with E-state index in [9.17, 15) is 18.0 Å². The van der Waals surface area contributed by atoms with Crippen molar-refractivity contribution in [3.8, 4) is 16.9 Å². The molecule has 3 aromatic carbocycles. The average Bonchev–Trinajstić information content (AvgIpc) is 3.26. The van der Waals surface area contributed by atoms with Crippen molar-refractivity contribution in [3.05, 3.63) is 83.9 Å². The number of piperidine rings is 1. The minimum Gasteiger partial charge on any atom is -0.492 e. The fourth-order valence-corrected chi connectivity index (χ4v) is 4.97. The van der Waals surface area contributed by atoms with E-state index in [2.05, 4.69) is 42.3 Å². The molecule has 0 bridgehead atoms. The van der Waals surface area contributed by atoms with Crippen LogP contribution >= 0.6 is 0 Å². The molecule has 0 atom stereocenters. The monoisotopic (exact) mass is 540 g/mol. The SMILES string of the molecule is CC(C)N1CCC2(CC1)COc1ccc(NC(=O)c3ccc(-c4ccccc4)cc3)cc12.O=C(O)C(F)(F)F. The number of benzene rings is 3. The summed E-state index contributed by atoms with van der Waals surface area (Å²) in [7, 11) is 0. The summed E-state index contributed by atoms with van der Waals surface area (Å²) >= 11 is 0. The van der Waals surface area contributed by atoms with E-state index in [1.165, 1.54) is 5.56 Å². The lowest BCUT2D eigenvalue weighted by molar-refractivity contribution is -0.192. The highest BCUT2D eigenvalue weighted by Gasteiger charge is 2.43. The molecule has 1 spiro atoms. The molecule has 0 aliphatic carbocycles. The van der Waals surface area contributed by atoms with E-state index in [1.807, 2.05) is 54.6 Å². The van der Waals surface area contributed by atoms with Crippen molar-refractivity contribution >= 4 is 17.6 Å². The van der Waals surface area contributed by atoms with Crippen molar-refractivity contribution in [2.75, 3.05) is 25.0 Å². The van der Waals surface area contributed by atoms with Crippen LogP contribution in [0.15, 0.2) is 72.8 Å². The summed E-state index contributed by atoms with van der Waals surface area (Å²) in [6, 6.07) is 24.6. The molecule has 2 heterocycles. The number of alkyl halides is 3. The van der Waals surface area contributed by atoms with Crippen LogP contribution in [0.3, 0.4) is 0 Å². The second-order valence-corrected chi connectivity index (χ2v) is 10.1. The molecular formula is C30H31F3N2O4. The molecule has 2 aliphatic rings. The highest BCUT2D eigenvalue weighted by atomic mass is 19.4. The standard InChI is InChI=1S/C28H30N2O2.C2HF3O2/c1-20(2)30-16-14-28(15-17-30)19-32-26-13-12-24(18-25(26)28)29-27(31)23-10-8-22(9-11-23)21-6-4-3-5-7-21;3-2(4,5)1(6)7/h3-13,18,20H,14-17,19H2,1-2H3,(H,29,31);(H,6,7). The van der Waals surface area contributed by atoms with Crippen molar-refractivity contribution in [1.82, 2.24) is 4.90 Å². The van der Waals surface area contributed by atoms with E-state index in [4.69, 9.17) is 14.6 Å². The second-order valence-electron chi connectivity index (χ2n) is 10.1. The summed E-state index contributed by atoms with van der Waals surface area (Å²) in [4.78, 5) is 24.3. The van der Waals surface area contributed by atoms with Crippen LogP contribution in [0, 0.1) is 0 Å². The number of carbonyl (C=O) groups is 2. The van der Waals surface area contributed by atoms with E-state index in [0.29, 0.717) is 11.6 Å². The Morgan fingerprint density at radius 3 is 2.10 bits per heavy atom. The molecule has 5 rings (SSSR count). The summed E-state index contributed by atoms with van der Waals surface area (Å²) < 4.78 is 37.8.